The molecule has 2 aromatic carbocycles. The first-order valence-corrected chi connectivity index (χ1v) is 10.2. The first kappa shape index (κ1) is 24.2. The summed E-state index contributed by atoms with van der Waals surface area (Å²) in [5.74, 6) is -0.873. The lowest BCUT2D eigenvalue weighted by atomic mass is 10.2. The van der Waals surface area contributed by atoms with Crippen LogP contribution >= 0.6 is 11.8 Å². The van der Waals surface area contributed by atoms with Crippen molar-refractivity contribution < 1.29 is 27.7 Å². The van der Waals surface area contributed by atoms with Gasteiger partial charge in [0.1, 0.15) is 0 Å². The monoisotopic (exact) mass is 455 g/mol. The predicted molar refractivity (Wildman–Crippen MR) is 111 cm³/mol. The van der Waals surface area contributed by atoms with Gasteiger partial charge in [-0.15, -0.1) is 11.8 Å². The van der Waals surface area contributed by atoms with Crippen molar-refractivity contribution in [3.63, 3.8) is 0 Å². The Hall–Kier alpha value is -3.08. The van der Waals surface area contributed by atoms with E-state index in [0.29, 0.717) is 30.4 Å². The molecule has 0 radical (unpaired) electrons. The van der Waals surface area contributed by atoms with Gasteiger partial charge in [-0.05, 0) is 50.2 Å². The summed E-state index contributed by atoms with van der Waals surface area (Å²) in [5.41, 5.74) is -0.959. The van der Waals surface area contributed by atoms with E-state index in [9.17, 15) is 32.9 Å². The average molecular weight is 455 g/mol. The van der Waals surface area contributed by atoms with Gasteiger partial charge < -0.3 is 10.2 Å². The van der Waals surface area contributed by atoms with Crippen LogP contribution in [0.2, 0.25) is 0 Å². The molecular weight excluding hydrogens is 435 g/mol. The molecule has 31 heavy (non-hydrogen) atoms. The van der Waals surface area contributed by atoms with Gasteiger partial charge in [0.05, 0.1) is 21.1 Å². The summed E-state index contributed by atoms with van der Waals surface area (Å²) < 4.78 is 38.3. The minimum absolute atomic E-state index is 0.0479. The van der Waals surface area contributed by atoms with Gasteiger partial charge in [0.2, 0.25) is 5.91 Å². The van der Waals surface area contributed by atoms with Gasteiger partial charge in [-0.3, -0.25) is 19.7 Å². The molecule has 0 saturated carbocycles. The van der Waals surface area contributed by atoms with Crippen molar-refractivity contribution in [2.45, 2.75) is 24.9 Å². The molecule has 0 aliphatic carbocycles. The number of nitro groups is 1. The molecule has 7 nitrogen and oxygen atoms in total. The third kappa shape index (κ3) is 6.45. The molecule has 0 aromatic heterocycles. The Morgan fingerprint density at radius 2 is 1.71 bits per heavy atom. The van der Waals surface area contributed by atoms with Crippen LogP contribution in [0.1, 0.15) is 29.8 Å². The SMILES string of the molecule is CCN(CC)C(=O)c1ccc(NC(=O)CSc2ccc(C(F)(F)F)cc2[N+](=O)[O-])cc1. The number of halogens is 3. The molecule has 0 aliphatic rings. The van der Waals surface area contributed by atoms with Crippen LogP contribution in [-0.2, 0) is 11.0 Å². The van der Waals surface area contributed by atoms with E-state index in [4.69, 9.17) is 0 Å². The van der Waals surface area contributed by atoms with E-state index >= 15 is 0 Å². The third-order valence-corrected chi connectivity index (χ3v) is 5.37. The third-order valence-electron chi connectivity index (χ3n) is 4.31. The molecule has 1 N–H and O–H groups in total. The lowest BCUT2D eigenvalue weighted by molar-refractivity contribution is -0.388. The summed E-state index contributed by atoms with van der Waals surface area (Å²) in [4.78, 5) is 36.2. The number of nitro benzene ring substituents is 1. The van der Waals surface area contributed by atoms with Crippen LogP contribution in [0.5, 0.6) is 0 Å². The number of hydrogen-bond acceptors (Lipinski definition) is 5. The largest absolute Gasteiger partial charge is 0.416 e. The Labute approximate surface area is 180 Å². The minimum Gasteiger partial charge on any atom is -0.339 e. The van der Waals surface area contributed by atoms with Crippen molar-refractivity contribution in [2.75, 3.05) is 24.2 Å². The highest BCUT2D eigenvalue weighted by atomic mass is 32.2. The highest BCUT2D eigenvalue weighted by molar-refractivity contribution is 8.00. The first-order valence-electron chi connectivity index (χ1n) is 9.24. The molecule has 2 aromatic rings. The van der Waals surface area contributed by atoms with Crippen molar-refractivity contribution in [3.8, 4) is 0 Å². The lowest BCUT2D eigenvalue weighted by Crippen LogP contribution is -2.30. The topological polar surface area (TPSA) is 92.6 Å². The zero-order chi connectivity index (χ0) is 23.2. The maximum Gasteiger partial charge on any atom is 0.416 e. The van der Waals surface area contributed by atoms with Gasteiger partial charge in [-0.1, -0.05) is 0 Å². The van der Waals surface area contributed by atoms with E-state index in [-0.39, 0.29) is 16.6 Å². The average Bonchev–Trinajstić information content (AvgIpc) is 2.72. The standard InChI is InChI=1S/C20H20F3N3O4S/c1-3-25(4-2)19(28)13-5-8-15(9-6-13)24-18(27)12-31-17-10-7-14(20(21,22)23)11-16(17)26(29)30/h5-11H,3-4,12H2,1-2H3,(H,24,27). The predicted octanol–water partition coefficient (Wildman–Crippen LogP) is 4.83. The van der Waals surface area contributed by atoms with Crippen molar-refractivity contribution in [1.29, 1.82) is 0 Å². The second-order valence-electron chi connectivity index (χ2n) is 6.33. The first-order chi connectivity index (χ1) is 14.6. The van der Waals surface area contributed by atoms with Crippen LogP contribution in [0.25, 0.3) is 0 Å². The Morgan fingerprint density at radius 1 is 1.10 bits per heavy atom. The molecule has 0 spiro atoms. The van der Waals surface area contributed by atoms with Gasteiger partial charge in [0.25, 0.3) is 11.6 Å². The Bertz CT molecular complexity index is 961. The second kappa shape index (κ2) is 10.3. The molecule has 0 aliphatic heterocycles. The summed E-state index contributed by atoms with van der Waals surface area (Å²) >= 11 is 0.758. The van der Waals surface area contributed by atoms with E-state index in [1.54, 1.807) is 29.2 Å². The van der Waals surface area contributed by atoms with Crippen LogP contribution in [-0.4, -0.2) is 40.5 Å². The minimum atomic E-state index is -4.70. The Balaban J connectivity index is 2.02. The summed E-state index contributed by atoms with van der Waals surface area (Å²) in [6.07, 6.45) is -4.70. The number of anilines is 1. The van der Waals surface area contributed by atoms with E-state index < -0.39 is 28.3 Å². The van der Waals surface area contributed by atoms with E-state index in [2.05, 4.69) is 5.32 Å². The van der Waals surface area contributed by atoms with Crippen LogP contribution in [0.3, 0.4) is 0 Å². The molecule has 2 amide bonds. The fraction of sp³-hybridized carbons (Fsp3) is 0.300. The van der Waals surface area contributed by atoms with Crippen molar-refractivity contribution in [2.24, 2.45) is 0 Å². The number of carbonyl (C=O) groups excluding carboxylic acids is 2. The number of nitrogens with one attached hydrogen (secondary N) is 1. The lowest BCUT2D eigenvalue weighted by Gasteiger charge is -2.18. The van der Waals surface area contributed by atoms with Crippen LogP contribution in [0.15, 0.2) is 47.4 Å². The highest BCUT2D eigenvalue weighted by Crippen LogP contribution is 2.36. The molecule has 0 heterocycles. The fourth-order valence-electron chi connectivity index (χ4n) is 2.69. The van der Waals surface area contributed by atoms with Crippen molar-refractivity contribution >= 4 is 35.0 Å². The number of hydrogen-bond donors (Lipinski definition) is 1. The van der Waals surface area contributed by atoms with Crippen LogP contribution < -0.4 is 5.32 Å². The van der Waals surface area contributed by atoms with E-state index in [1.165, 1.54) is 0 Å². The maximum atomic E-state index is 12.8. The number of alkyl halides is 3. The normalized spacial score (nSPS) is 11.1. The Morgan fingerprint density at radius 3 is 2.23 bits per heavy atom. The van der Waals surface area contributed by atoms with E-state index in [1.807, 2.05) is 13.8 Å². The van der Waals surface area contributed by atoms with Gasteiger partial charge >= 0.3 is 6.18 Å². The van der Waals surface area contributed by atoms with Gasteiger partial charge in [0.15, 0.2) is 0 Å². The van der Waals surface area contributed by atoms with Gasteiger partial charge in [0, 0.05) is 30.4 Å². The van der Waals surface area contributed by atoms with Crippen molar-refractivity contribution in [1.82, 2.24) is 4.90 Å². The maximum absolute atomic E-state index is 12.8. The van der Waals surface area contributed by atoms with Gasteiger partial charge in [-0.2, -0.15) is 13.2 Å². The summed E-state index contributed by atoms with van der Waals surface area (Å²) in [5, 5.41) is 13.7. The fourth-order valence-corrected chi connectivity index (χ4v) is 3.49. The molecule has 0 saturated heterocycles. The number of benzene rings is 2. The number of carbonyl (C=O) groups is 2. The van der Waals surface area contributed by atoms with Crippen molar-refractivity contribution in [3.05, 3.63) is 63.7 Å². The summed E-state index contributed by atoms with van der Waals surface area (Å²) in [6, 6.07) is 8.42. The number of nitrogens with zero attached hydrogens (tertiary/aromatic N) is 2. The molecular formula is C20H20F3N3O4S. The number of rotatable bonds is 8. The molecule has 0 fully saturated rings. The zero-order valence-electron chi connectivity index (χ0n) is 16.7. The van der Waals surface area contributed by atoms with Gasteiger partial charge in [-0.25, -0.2) is 0 Å². The van der Waals surface area contributed by atoms with Crippen LogP contribution in [0, 0.1) is 10.1 Å². The molecule has 0 bridgehead atoms. The molecule has 0 unspecified atom stereocenters. The smallest absolute Gasteiger partial charge is 0.339 e. The molecule has 11 heteroatoms. The second-order valence-corrected chi connectivity index (χ2v) is 7.35. The summed E-state index contributed by atoms with van der Waals surface area (Å²) in [6.45, 7) is 4.88. The number of amides is 2. The quantitative estimate of drug-likeness (QED) is 0.350. The summed E-state index contributed by atoms with van der Waals surface area (Å²) in [7, 11) is 0. The molecule has 2 rings (SSSR count). The van der Waals surface area contributed by atoms with E-state index in [0.717, 1.165) is 23.9 Å². The zero-order valence-corrected chi connectivity index (χ0v) is 17.5. The molecule has 166 valence electrons. The Kier molecular flexibility index (Phi) is 8.03. The number of thioether (sulfide) groups is 1. The highest BCUT2D eigenvalue weighted by Gasteiger charge is 2.33. The molecule has 0 atom stereocenters. The van der Waals surface area contributed by atoms with Crippen LogP contribution in [0.4, 0.5) is 24.5 Å².